The lowest BCUT2D eigenvalue weighted by Crippen LogP contribution is -2.39. The van der Waals surface area contributed by atoms with E-state index in [1.165, 1.54) is 0 Å². The van der Waals surface area contributed by atoms with Crippen molar-refractivity contribution in [1.82, 2.24) is 24.5 Å². The lowest BCUT2D eigenvalue weighted by Gasteiger charge is -2.33. The Bertz CT molecular complexity index is 1350. The Morgan fingerprint density at radius 1 is 1.20 bits per heavy atom. The van der Waals surface area contributed by atoms with Gasteiger partial charge in [0.1, 0.15) is 5.82 Å². The van der Waals surface area contributed by atoms with E-state index in [9.17, 15) is 4.79 Å². The number of rotatable bonds is 6. The fraction of sp³-hybridized carbons (Fsp3) is 0.259. The van der Waals surface area contributed by atoms with Crippen LogP contribution in [0.15, 0.2) is 77.2 Å². The quantitative estimate of drug-likeness (QED) is 0.342. The number of likely N-dealkylation sites (tertiary alicyclic amines) is 1. The Morgan fingerprint density at radius 2 is 2.06 bits per heavy atom. The molecule has 1 N–H and O–H groups in total. The highest BCUT2D eigenvalue weighted by Crippen LogP contribution is 2.30. The van der Waals surface area contributed by atoms with E-state index >= 15 is 0 Å². The Labute approximate surface area is 213 Å². The number of pyridine rings is 1. The third-order valence-electron chi connectivity index (χ3n) is 6.29. The third-order valence-corrected chi connectivity index (χ3v) is 6.85. The molecule has 3 aromatic heterocycles. The summed E-state index contributed by atoms with van der Waals surface area (Å²) < 4.78 is 2.65. The van der Waals surface area contributed by atoms with Crippen molar-refractivity contribution in [3.8, 4) is 0 Å². The van der Waals surface area contributed by atoms with Crippen molar-refractivity contribution in [1.29, 1.82) is 0 Å². The molecule has 0 bridgehead atoms. The summed E-state index contributed by atoms with van der Waals surface area (Å²) in [7, 11) is 0. The summed E-state index contributed by atoms with van der Waals surface area (Å²) >= 11 is 3.59. The molecule has 1 aliphatic heterocycles. The highest BCUT2D eigenvalue weighted by Gasteiger charge is 2.27. The summed E-state index contributed by atoms with van der Waals surface area (Å²) in [6.45, 7) is 3.94. The number of nitrogens with one attached hydrogen (secondary N) is 1. The van der Waals surface area contributed by atoms with Crippen molar-refractivity contribution in [2.24, 2.45) is 0 Å². The van der Waals surface area contributed by atoms with Crippen LogP contribution < -0.4 is 5.32 Å². The van der Waals surface area contributed by atoms with Gasteiger partial charge in [-0.1, -0.05) is 36.4 Å². The van der Waals surface area contributed by atoms with Crippen LogP contribution in [0.2, 0.25) is 0 Å². The number of carbonyl (C=O) groups is 1. The number of aromatic nitrogens is 4. The zero-order valence-electron chi connectivity index (χ0n) is 19.6. The van der Waals surface area contributed by atoms with Crippen LogP contribution >= 0.6 is 15.9 Å². The van der Waals surface area contributed by atoms with E-state index in [4.69, 9.17) is 4.98 Å². The lowest BCUT2D eigenvalue weighted by molar-refractivity contribution is -0.128. The van der Waals surface area contributed by atoms with E-state index in [0.717, 1.165) is 57.7 Å². The number of nitrogens with zero attached hydrogens (tertiary/aromatic N) is 5. The van der Waals surface area contributed by atoms with Gasteiger partial charge in [0, 0.05) is 49.6 Å². The van der Waals surface area contributed by atoms with Gasteiger partial charge in [-0.25, -0.2) is 4.98 Å². The Morgan fingerprint density at radius 3 is 2.86 bits per heavy atom. The molecule has 1 aliphatic rings. The second kappa shape index (κ2) is 10.4. The number of hydrogen-bond donors (Lipinski definition) is 1. The SMILES string of the molecule is CC(=Cc1ccccc1)C(=O)N1CCCC(c2cc(NCc3cccnc3)n3ncc(Br)c3n2)C1. The fourth-order valence-corrected chi connectivity index (χ4v) is 4.85. The summed E-state index contributed by atoms with van der Waals surface area (Å²) in [4.78, 5) is 24.3. The molecule has 1 atom stereocenters. The highest BCUT2D eigenvalue weighted by molar-refractivity contribution is 9.10. The molecule has 8 heteroatoms. The minimum Gasteiger partial charge on any atom is -0.366 e. The Hall–Kier alpha value is -3.52. The molecule has 0 aliphatic carbocycles. The van der Waals surface area contributed by atoms with Gasteiger partial charge < -0.3 is 10.2 Å². The summed E-state index contributed by atoms with van der Waals surface area (Å²) in [5.74, 6) is 1.10. The van der Waals surface area contributed by atoms with Crippen molar-refractivity contribution in [2.45, 2.75) is 32.2 Å². The van der Waals surface area contributed by atoms with Crippen molar-refractivity contribution < 1.29 is 4.79 Å². The van der Waals surface area contributed by atoms with Gasteiger partial charge in [-0.05, 0) is 59.0 Å². The van der Waals surface area contributed by atoms with E-state index < -0.39 is 0 Å². The number of piperidine rings is 1. The Balaban J connectivity index is 1.38. The van der Waals surface area contributed by atoms with E-state index in [1.807, 2.05) is 71.1 Å². The van der Waals surface area contributed by atoms with Gasteiger partial charge in [-0.15, -0.1) is 0 Å². The molecule has 35 heavy (non-hydrogen) atoms. The summed E-state index contributed by atoms with van der Waals surface area (Å²) in [6, 6.07) is 16.0. The average Bonchev–Trinajstić information content (AvgIpc) is 3.28. The zero-order valence-corrected chi connectivity index (χ0v) is 21.1. The lowest BCUT2D eigenvalue weighted by atomic mass is 9.93. The first-order valence-corrected chi connectivity index (χ1v) is 12.6. The number of amides is 1. The number of benzene rings is 1. The van der Waals surface area contributed by atoms with Gasteiger partial charge in [0.05, 0.1) is 16.4 Å². The topological polar surface area (TPSA) is 75.4 Å². The van der Waals surface area contributed by atoms with Gasteiger partial charge >= 0.3 is 0 Å². The molecule has 4 aromatic rings. The van der Waals surface area contributed by atoms with Gasteiger partial charge in [0.25, 0.3) is 0 Å². The van der Waals surface area contributed by atoms with Crippen molar-refractivity contribution in [3.63, 3.8) is 0 Å². The first-order chi connectivity index (χ1) is 17.1. The van der Waals surface area contributed by atoms with Gasteiger partial charge in [-0.2, -0.15) is 9.61 Å². The van der Waals surface area contributed by atoms with Crippen LogP contribution in [0.3, 0.4) is 0 Å². The normalized spacial score (nSPS) is 16.5. The Kier molecular flexibility index (Phi) is 6.90. The van der Waals surface area contributed by atoms with Crippen molar-refractivity contribution >= 4 is 39.4 Å². The monoisotopic (exact) mass is 530 g/mol. The second-order valence-corrected chi connectivity index (χ2v) is 9.69. The maximum Gasteiger partial charge on any atom is 0.249 e. The van der Waals surface area contributed by atoms with E-state index in [1.54, 1.807) is 12.4 Å². The van der Waals surface area contributed by atoms with Crippen LogP contribution in [-0.2, 0) is 11.3 Å². The number of carbonyl (C=O) groups excluding carboxylic acids is 1. The molecular formula is C27H27BrN6O. The first-order valence-electron chi connectivity index (χ1n) is 11.8. The molecule has 0 radical (unpaired) electrons. The molecule has 1 aromatic carbocycles. The number of halogens is 1. The third kappa shape index (κ3) is 5.27. The molecule has 0 spiro atoms. The number of fused-ring (bicyclic) bond motifs is 1. The molecule has 4 heterocycles. The molecule has 7 nitrogen and oxygen atoms in total. The maximum atomic E-state index is 13.2. The van der Waals surface area contributed by atoms with Crippen molar-refractivity contribution in [3.05, 3.63) is 94.0 Å². The van der Waals surface area contributed by atoms with E-state index in [0.29, 0.717) is 13.1 Å². The molecule has 0 saturated carbocycles. The molecule has 1 fully saturated rings. The van der Waals surface area contributed by atoms with Crippen LogP contribution in [0.5, 0.6) is 0 Å². The van der Waals surface area contributed by atoms with Crippen LogP contribution in [0.25, 0.3) is 11.7 Å². The van der Waals surface area contributed by atoms with Gasteiger partial charge in [0.2, 0.25) is 5.91 Å². The summed E-state index contributed by atoms with van der Waals surface area (Å²) in [6.07, 6.45) is 9.27. The van der Waals surface area contributed by atoms with Gasteiger partial charge in [-0.3, -0.25) is 9.78 Å². The molecule has 1 amide bonds. The zero-order chi connectivity index (χ0) is 24.2. The van der Waals surface area contributed by atoms with Crippen LogP contribution in [0, 0.1) is 0 Å². The average molecular weight is 531 g/mol. The highest BCUT2D eigenvalue weighted by atomic mass is 79.9. The number of anilines is 1. The van der Waals surface area contributed by atoms with Crippen LogP contribution in [0.4, 0.5) is 5.82 Å². The van der Waals surface area contributed by atoms with Crippen LogP contribution in [-0.4, -0.2) is 43.5 Å². The van der Waals surface area contributed by atoms with E-state index in [-0.39, 0.29) is 11.8 Å². The number of hydrogen-bond acceptors (Lipinski definition) is 5. The van der Waals surface area contributed by atoms with Crippen LogP contribution in [0.1, 0.15) is 42.5 Å². The fourth-order valence-electron chi connectivity index (χ4n) is 4.50. The maximum absolute atomic E-state index is 13.2. The molecular weight excluding hydrogens is 504 g/mol. The minimum atomic E-state index is 0.0834. The largest absolute Gasteiger partial charge is 0.366 e. The predicted octanol–water partition coefficient (Wildman–Crippen LogP) is 5.31. The molecule has 5 rings (SSSR count). The minimum absolute atomic E-state index is 0.0834. The molecule has 1 unspecified atom stereocenters. The molecule has 178 valence electrons. The molecule has 1 saturated heterocycles. The summed E-state index contributed by atoms with van der Waals surface area (Å²) in [5.41, 5.74) is 4.60. The van der Waals surface area contributed by atoms with E-state index in [2.05, 4.69) is 37.4 Å². The van der Waals surface area contributed by atoms with Gasteiger partial charge in [0.15, 0.2) is 5.65 Å². The first kappa shape index (κ1) is 23.2. The smallest absolute Gasteiger partial charge is 0.249 e. The second-order valence-electron chi connectivity index (χ2n) is 8.84. The standard InChI is InChI=1S/C27H27BrN6O/c1-19(13-20-7-3-2-4-8-20)27(35)33-12-6-10-22(18-33)24-14-25(30-16-21-9-5-11-29-15-21)34-26(32-24)23(28)17-31-34/h2-5,7-9,11,13-15,17,22,30H,6,10,12,16,18H2,1H3. The predicted molar refractivity (Wildman–Crippen MR) is 141 cm³/mol. The van der Waals surface area contributed by atoms with Crippen molar-refractivity contribution in [2.75, 3.05) is 18.4 Å². The summed E-state index contributed by atoms with van der Waals surface area (Å²) in [5, 5.41) is 7.97.